The molecule has 0 spiro atoms. The second-order valence-corrected chi connectivity index (χ2v) is 6.39. The van der Waals surface area contributed by atoms with E-state index in [9.17, 15) is 5.26 Å². The highest BCUT2D eigenvalue weighted by Crippen LogP contribution is 2.23. The zero-order chi connectivity index (χ0) is 16.9. The molecule has 0 bridgehead atoms. The monoisotopic (exact) mass is 352 g/mol. The van der Waals surface area contributed by atoms with E-state index in [0.29, 0.717) is 10.0 Å². The molecule has 0 atom stereocenters. The number of nitriles is 1. The summed E-state index contributed by atoms with van der Waals surface area (Å²) in [5.41, 5.74) is 6.90. The van der Waals surface area contributed by atoms with E-state index >= 15 is 0 Å². The smallest absolute Gasteiger partial charge is 0.196 e. The number of aromatic nitrogens is 1. The van der Waals surface area contributed by atoms with E-state index in [2.05, 4.69) is 21.6 Å². The van der Waals surface area contributed by atoms with Crippen LogP contribution in [0.5, 0.6) is 0 Å². The number of benzene rings is 2. The van der Waals surface area contributed by atoms with Crippen molar-refractivity contribution in [1.82, 2.24) is 4.98 Å². The fourth-order valence-electron chi connectivity index (χ4n) is 2.00. The van der Waals surface area contributed by atoms with Crippen LogP contribution in [0.1, 0.15) is 10.6 Å². The first-order valence-corrected chi connectivity index (χ1v) is 8.44. The fraction of sp³-hybridized carbons (Fsp3) is 0.0556. The number of hydrazone groups is 1. The highest BCUT2D eigenvalue weighted by Gasteiger charge is 2.10. The number of nitrogens with zero attached hydrogens (tertiary/aromatic N) is 3. The molecular weight excluding hydrogens is 340 g/mol. The van der Waals surface area contributed by atoms with Crippen LogP contribution in [0.25, 0.3) is 11.3 Å². The Morgan fingerprint density at radius 2 is 1.88 bits per heavy atom. The van der Waals surface area contributed by atoms with Crippen molar-refractivity contribution in [2.75, 3.05) is 5.43 Å². The van der Waals surface area contributed by atoms with Gasteiger partial charge >= 0.3 is 0 Å². The van der Waals surface area contributed by atoms with Gasteiger partial charge in [0, 0.05) is 16.0 Å². The van der Waals surface area contributed by atoms with Crippen LogP contribution in [0, 0.1) is 18.3 Å². The van der Waals surface area contributed by atoms with Crippen LogP contribution in [0.15, 0.2) is 59.0 Å². The highest BCUT2D eigenvalue weighted by molar-refractivity contribution is 7.12. The van der Waals surface area contributed by atoms with Gasteiger partial charge in [-0.05, 0) is 31.2 Å². The van der Waals surface area contributed by atoms with Gasteiger partial charge in [-0.15, -0.1) is 11.3 Å². The Bertz CT molecular complexity index is 905. The molecule has 3 aromatic rings. The molecule has 0 aliphatic rings. The third-order valence-corrected chi connectivity index (χ3v) is 4.40. The van der Waals surface area contributed by atoms with Gasteiger partial charge in [0.2, 0.25) is 0 Å². The highest BCUT2D eigenvalue weighted by atomic mass is 35.5. The summed E-state index contributed by atoms with van der Waals surface area (Å²) >= 11 is 7.24. The van der Waals surface area contributed by atoms with E-state index in [4.69, 9.17) is 11.6 Å². The van der Waals surface area contributed by atoms with Crippen LogP contribution >= 0.6 is 22.9 Å². The van der Waals surface area contributed by atoms with Gasteiger partial charge < -0.3 is 0 Å². The van der Waals surface area contributed by atoms with E-state index < -0.39 is 0 Å². The molecule has 0 aliphatic heterocycles. The zero-order valence-corrected chi connectivity index (χ0v) is 14.4. The van der Waals surface area contributed by atoms with Gasteiger partial charge in [-0.1, -0.05) is 41.4 Å². The summed E-state index contributed by atoms with van der Waals surface area (Å²) in [6, 6.07) is 17.3. The summed E-state index contributed by atoms with van der Waals surface area (Å²) in [7, 11) is 0. The Balaban J connectivity index is 1.81. The fourth-order valence-corrected chi connectivity index (χ4v) is 2.90. The molecule has 0 radical (unpaired) electrons. The van der Waals surface area contributed by atoms with Gasteiger partial charge in [-0.3, -0.25) is 5.43 Å². The van der Waals surface area contributed by atoms with Gasteiger partial charge in [-0.2, -0.15) is 10.4 Å². The lowest BCUT2D eigenvalue weighted by molar-refractivity contribution is 1.31. The maximum absolute atomic E-state index is 9.34. The molecule has 3 rings (SSSR count). The van der Waals surface area contributed by atoms with Crippen LogP contribution < -0.4 is 5.43 Å². The lowest BCUT2D eigenvalue weighted by Gasteiger charge is -2.00. The first-order valence-electron chi connectivity index (χ1n) is 7.18. The average Bonchev–Trinajstić information content (AvgIpc) is 3.08. The largest absolute Gasteiger partial charge is 0.277 e. The summed E-state index contributed by atoms with van der Waals surface area (Å²) < 4.78 is 0. The molecule has 0 aliphatic carbocycles. The van der Waals surface area contributed by atoms with E-state index in [1.54, 1.807) is 24.3 Å². The molecular formula is C18H13ClN4S. The minimum atomic E-state index is 0.244. The lowest BCUT2D eigenvalue weighted by atomic mass is 10.1. The van der Waals surface area contributed by atoms with Gasteiger partial charge in [0.1, 0.15) is 6.07 Å². The normalized spacial score (nSPS) is 11.1. The molecule has 0 unspecified atom stereocenters. The Kier molecular flexibility index (Phi) is 4.90. The molecule has 2 aromatic carbocycles. The SMILES string of the molecule is Cc1ccc(-c2csc(C(C#N)=NNc3ccc(Cl)cc3)n2)cc1. The van der Waals surface area contributed by atoms with Crippen molar-refractivity contribution in [2.45, 2.75) is 6.92 Å². The third-order valence-electron chi connectivity index (χ3n) is 3.30. The van der Waals surface area contributed by atoms with Crippen LogP contribution in [0.2, 0.25) is 5.02 Å². The molecule has 4 nitrogen and oxygen atoms in total. The Hall–Kier alpha value is -2.68. The molecule has 0 fully saturated rings. The van der Waals surface area contributed by atoms with Gasteiger partial charge in [0.15, 0.2) is 10.7 Å². The van der Waals surface area contributed by atoms with E-state index in [1.807, 2.05) is 36.6 Å². The standard InChI is InChI=1S/C18H13ClN4S/c1-12-2-4-13(5-3-12)17-11-24-18(21-17)16(10-20)23-22-15-8-6-14(19)7-9-15/h2-9,11,22H,1H3. The van der Waals surface area contributed by atoms with Crippen LogP contribution in [0.3, 0.4) is 0 Å². The van der Waals surface area contributed by atoms with Gasteiger partial charge in [-0.25, -0.2) is 4.98 Å². The van der Waals surface area contributed by atoms with Crippen molar-refractivity contribution < 1.29 is 0 Å². The maximum atomic E-state index is 9.34. The molecule has 118 valence electrons. The number of thiazole rings is 1. The second kappa shape index (κ2) is 7.26. The quantitative estimate of drug-likeness (QED) is 0.524. The first kappa shape index (κ1) is 16.2. The number of nitrogens with one attached hydrogen (secondary N) is 1. The van der Waals surface area contributed by atoms with Crippen molar-refractivity contribution in [2.24, 2.45) is 5.10 Å². The summed E-state index contributed by atoms with van der Waals surface area (Å²) in [4.78, 5) is 4.51. The molecule has 1 aromatic heterocycles. The van der Waals surface area contributed by atoms with E-state index in [-0.39, 0.29) is 5.71 Å². The van der Waals surface area contributed by atoms with Crippen molar-refractivity contribution in [3.63, 3.8) is 0 Å². The molecule has 6 heteroatoms. The average molecular weight is 353 g/mol. The molecule has 0 saturated heterocycles. The number of hydrogen-bond acceptors (Lipinski definition) is 5. The summed E-state index contributed by atoms with van der Waals surface area (Å²) in [6.07, 6.45) is 0. The predicted octanol–water partition coefficient (Wildman–Crippen LogP) is 5.11. The number of aryl methyl sites for hydroxylation is 1. The third kappa shape index (κ3) is 3.80. The van der Waals surface area contributed by atoms with Crippen molar-refractivity contribution in [1.29, 1.82) is 5.26 Å². The number of anilines is 1. The van der Waals surface area contributed by atoms with Crippen LogP contribution in [0.4, 0.5) is 5.69 Å². The van der Waals surface area contributed by atoms with Crippen molar-refractivity contribution in [3.05, 3.63) is 69.5 Å². The minimum Gasteiger partial charge on any atom is -0.277 e. The maximum Gasteiger partial charge on any atom is 0.196 e. The lowest BCUT2D eigenvalue weighted by Crippen LogP contribution is -2.01. The van der Waals surface area contributed by atoms with Crippen molar-refractivity contribution in [3.8, 4) is 17.3 Å². The Labute approximate surface area is 149 Å². The topological polar surface area (TPSA) is 61.1 Å². The number of rotatable bonds is 4. The Morgan fingerprint density at radius 3 is 2.54 bits per heavy atom. The van der Waals surface area contributed by atoms with E-state index in [1.165, 1.54) is 16.9 Å². The van der Waals surface area contributed by atoms with E-state index in [0.717, 1.165) is 16.9 Å². The molecule has 0 amide bonds. The predicted molar refractivity (Wildman–Crippen MR) is 99.5 cm³/mol. The van der Waals surface area contributed by atoms with Crippen molar-refractivity contribution >= 4 is 34.3 Å². The summed E-state index contributed by atoms with van der Waals surface area (Å²) in [6.45, 7) is 2.04. The number of hydrogen-bond donors (Lipinski definition) is 1. The Morgan fingerprint density at radius 1 is 1.17 bits per heavy atom. The van der Waals surface area contributed by atoms with Crippen LogP contribution in [-0.2, 0) is 0 Å². The molecule has 1 heterocycles. The summed E-state index contributed by atoms with van der Waals surface area (Å²) in [5, 5.41) is 16.6. The number of halogens is 1. The minimum absolute atomic E-state index is 0.244. The summed E-state index contributed by atoms with van der Waals surface area (Å²) in [5.74, 6) is 0. The zero-order valence-electron chi connectivity index (χ0n) is 12.8. The van der Waals surface area contributed by atoms with Gasteiger partial charge in [0.05, 0.1) is 11.4 Å². The second-order valence-electron chi connectivity index (χ2n) is 5.09. The molecule has 0 saturated carbocycles. The molecule has 24 heavy (non-hydrogen) atoms. The molecule has 1 N–H and O–H groups in total. The first-order chi connectivity index (χ1) is 11.7. The van der Waals surface area contributed by atoms with Crippen LogP contribution in [-0.4, -0.2) is 10.7 Å². The van der Waals surface area contributed by atoms with Gasteiger partial charge in [0.25, 0.3) is 0 Å².